The van der Waals surface area contributed by atoms with Crippen LogP contribution in [0.4, 0.5) is 0 Å². The van der Waals surface area contributed by atoms with Crippen LogP contribution in [0.1, 0.15) is 25.3 Å². The molecule has 1 aromatic carbocycles. The molecule has 1 heterocycles. The van der Waals surface area contributed by atoms with Crippen LogP contribution in [0.25, 0.3) is 6.08 Å². The lowest BCUT2D eigenvalue weighted by molar-refractivity contribution is -0.128. The fourth-order valence-electron chi connectivity index (χ4n) is 2.54. The van der Waals surface area contributed by atoms with Crippen molar-refractivity contribution >= 4 is 17.9 Å². The van der Waals surface area contributed by atoms with Crippen molar-refractivity contribution in [2.24, 2.45) is 0 Å². The minimum Gasteiger partial charge on any atom is -0.493 e. The molecule has 23 heavy (non-hydrogen) atoms. The van der Waals surface area contributed by atoms with Crippen LogP contribution < -0.4 is 14.8 Å². The van der Waals surface area contributed by atoms with Gasteiger partial charge in [0.1, 0.15) is 5.70 Å². The number of benzene rings is 1. The Morgan fingerprint density at radius 3 is 2.35 bits per heavy atom. The number of carbonyl (C=O) groups is 2. The van der Waals surface area contributed by atoms with Gasteiger partial charge >= 0.3 is 0 Å². The summed E-state index contributed by atoms with van der Waals surface area (Å²) in [7, 11) is 3.11. The molecule has 6 nitrogen and oxygen atoms in total. The van der Waals surface area contributed by atoms with Crippen molar-refractivity contribution in [3.8, 4) is 11.5 Å². The number of hydrogen-bond donors (Lipinski definition) is 1. The van der Waals surface area contributed by atoms with E-state index >= 15 is 0 Å². The minimum absolute atomic E-state index is 0.160. The molecule has 1 N–H and O–H groups in total. The van der Waals surface area contributed by atoms with Crippen molar-refractivity contribution in [3.63, 3.8) is 0 Å². The van der Waals surface area contributed by atoms with Crippen molar-refractivity contribution in [3.05, 3.63) is 29.5 Å². The van der Waals surface area contributed by atoms with Crippen LogP contribution in [0.5, 0.6) is 11.5 Å². The van der Waals surface area contributed by atoms with E-state index in [-0.39, 0.29) is 17.5 Å². The van der Waals surface area contributed by atoms with Gasteiger partial charge in [-0.25, -0.2) is 0 Å². The minimum atomic E-state index is -0.274. The van der Waals surface area contributed by atoms with Crippen LogP contribution in [0.15, 0.2) is 23.9 Å². The first-order valence-electron chi connectivity index (χ1n) is 7.55. The predicted octanol–water partition coefficient (Wildman–Crippen LogP) is 1.80. The van der Waals surface area contributed by atoms with Gasteiger partial charge in [0.15, 0.2) is 11.5 Å². The van der Waals surface area contributed by atoms with Gasteiger partial charge in [-0.1, -0.05) is 6.07 Å². The quantitative estimate of drug-likeness (QED) is 0.841. The summed E-state index contributed by atoms with van der Waals surface area (Å²) < 4.78 is 10.5. The van der Waals surface area contributed by atoms with E-state index in [1.165, 1.54) is 6.92 Å². The molecule has 1 saturated heterocycles. The number of nitrogens with one attached hydrogen (secondary N) is 1. The van der Waals surface area contributed by atoms with E-state index in [2.05, 4.69) is 5.32 Å². The van der Waals surface area contributed by atoms with E-state index in [1.54, 1.807) is 43.4 Å². The smallest absolute Gasteiger partial charge is 0.270 e. The molecular formula is C17H22N2O4. The van der Waals surface area contributed by atoms with Crippen molar-refractivity contribution in [2.45, 2.75) is 19.8 Å². The van der Waals surface area contributed by atoms with Gasteiger partial charge in [0.25, 0.3) is 5.91 Å². The Labute approximate surface area is 136 Å². The zero-order valence-corrected chi connectivity index (χ0v) is 13.7. The SMILES string of the molecule is COc1ccc(/C=C(\NC(C)=O)C(=O)N2CCCC2)cc1OC. The molecule has 1 aliphatic rings. The van der Waals surface area contributed by atoms with Crippen LogP contribution >= 0.6 is 0 Å². The average molecular weight is 318 g/mol. The number of likely N-dealkylation sites (tertiary alicyclic amines) is 1. The van der Waals surface area contributed by atoms with Gasteiger partial charge in [-0.05, 0) is 36.6 Å². The van der Waals surface area contributed by atoms with Gasteiger partial charge in [0.2, 0.25) is 5.91 Å². The van der Waals surface area contributed by atoms with Crippen LogP contribution in [-0.2, 0) is 9.59 Å². The van der Waals surface area contributed by atoms with E-state index in [9.17, 15) is 9.59 Å². The molecule has 0 bridgehead atoms. The molecule has 1 aliphatic heterocycles. The number of amides is 2. The van der Waals surface area contributed by atoms with Gasteiger partial charge in [-0.2, -0.15) is 0 Å². The Hall–Kier alpha value is -2.50. The largest absolute Gasteiger partial charge is 0.493 e. The maximum absolute atomic E-state index is 12.5. The Morgan fingerprint density at radius 2 is 1.78 bits per heavy atom. The third-order valence-corrected chi connectivity index (χ3v) is 3.65. The zero-order valence-electron chi connectivity index (χ0n) is 13.7. The number of ether oxygens (including phenoxy) is 2. The number of methoxy groups -OCH3 is 2. The highest BCUT2D eigenvalue weighted by molar-refractivity contribution is 6.01. The van der Waals surface area contributed by atoms with Gasteiger partial charge < -0.3 is 19.7 Å². The summed E-state index contributed by atoms with van der Waals surface area (Å²) in [5, 5.41) is 2.63. The summed E-state index contributed by atoms with van der Waals surface area (Å²) in [4.78, 5) is 25.7. The number of hydrogen-bond acceptors (Lipinski definition) is 4. The second-order valence-electron chi connectivity index (χ2n) is 5.35. The lowest BCUT2D eigenvalue weighted by Gasteiger charge is -2.18. The molecule has 0 saturated carbocycles. The van der Waals surface area contributed by atoms with E-state index in [1.807, 2.05) is 0 Å². The summed E-state index contributed by atoms with van der Waals surface area (Å²) in [6.45, 7) is 2.84. The summed E-state index contributed by atoms with van der Waals surface area (Å²) >= 11 is 0. The molecular weight excluding hydrogens is 296 g/mol. The Bertz CT molecular complexity index is 619. The average Bonchev–Trinajstić information content (AvgIpc) is 3.07. The molecule has 0 unspecified atom stereocenters. The van der Waals surface area contributed by atoms with E-state index in [0.717, 1.165) is 31.5 Å². The van der Waals surface area contributed by atoms with Crippen LogP contribution in [0, 0.1) is 0 Å². The normalized spacial score (nSPS) is 14.6. The van der Waals surface area contributed by atoms with Crippen molar-refractivity contribution < 1.29 is 19.1 Å². The highest BCUT2D eigenvalue weighted by atomic mass is 16.5. The van der Waals surface area contributed by atoms with Crippen LogP contribution in [-0.4, -0.2) is 44.0 Å². The molecule has 0 atom stereocenters. The molecule has 2 rings (SSSR count). The fourth-order valence-corrected chi connectivity index (χ4v) is 2.54. The Kier molecular flexibility index (Phi) is 5.62. The number of carbonyl (C=O) groups excluding carboxylic acids is 2. The predicted molar refractivity (Wildman–Crippen MR) is 87.2 cm³/mol. The highest BCUT2D eigenvalue weighted by Gasteiger charge is 2.22. The maximum atomic E-state index is 12.5. The third kappa shape index (κ3) is 4.25. The first-order chi connectivity index (χ1) is 11.0. The monoisotopic (exact) mass is 318 g/mol. The standard InChI is InChI=1S/C17H22N2O4/c1-12(20)18-14(17(21)19-8-4-5-9-19)10-13-6-7-15(22-2)16(11-13)23-3/h6-7,10-11H,4-5,8-9H2,1-3H3,(H,18,20)/b14-10-. The Balaban J connectivity index is 2.32. The van der Waals surface area contributed by atoms with Crippen LogP contribution in [0.2, 0.25) is 0 Å². The molecule has 0 aliphatic carbocycles. The molecule has 1 fully saturated rings. The molecule has 0 aromatic heterocycles. The van der Waals surface area contributed by atoms with Gasteiger partial charge in [0.05, 0.1) is 14.2 Å². The first kappa shape index (κ1) is 16.9. The molecule has 124 valence electrons. The van der Waals surface area contributed by atoms with E-state index in [4.69, 9.17) is 9.47 Å². The molecule has 0 spiro atoms. The van der Waals surface area contributed by atoms with Gasteiger partial charge in [-0.15, -0.1) is 0 Å². The van der Waals surface area contributed by atoms with Gasteiger partial charge in [0, 0.05) is 20.0 Å². The molecule has 6 heteroatoms. The third-order valence-electron chi connectivity index (χ3n) is 3.65. The summed E-state index contributed by atoms with van der Waals surface area (Å²) in [6.07, 6.45) is 3.65. The van der Waals surface area contributed by atoms with Crippen molar-refractivity contribution in [1.29, 1.82) is 0 Å². The maximum Gasteiger partial charge on any atom is 0.270 e. The number of rotatable bonds is 5. The number of nitrogens with zero attached hydrogens (tertiary/aromatic N) is 1. The molecule has 0 radical (unpaired) electrons. The topological polar surface area (TPSA) is 67.9 Å². The second kappa shape index (κ2) is 7.67. The second-order valence-corrected chi connectivity index (χ2v) is 5.35. The fraction of sp³-hybridized carbons (Fsp3) is 0.412. The lowest BCUT2D eigenvalue weighted by atomic mass is 10.1. The highest BCUT2D eigenvalue weighted by Crippen LogP contribution is 2.28. The summed E-state index contributed by atoms with van der Waals surface area (Å²) in [5.74, 6) is 0.741. The van der Waals surface area contributed by atoms with Crippen molar-refractivity contribution in [1.82, 2.24) is 10.2 Å². The first-order valence-corrected chi connectivity index (χ1v) is 7.55. The summed E-state index contributed by atoms with van der Waals surface area (Å²) in [5.41, 5.74) is 1.02. The molecule has 2 amide bonds. The Morgan fingerprint density at radius 1 is 1.13 bits per heavy atom. The summed E-state index contributed by atoms with van der Waals surface area (Å²) in [6, 6.07) is 5.33. The van der Waals surface area contributed by atoms with E-state index in [0.29, 0.717) is 11.5 Å². The van der Waals surface area contributed by atoms with Crippen LogP contribution in [0.3, 0.4) is 0 Å². The zero-order chi connectivity index (χ0) is 16.8. The molecule has 1 aromatic rings. The van der Waals surface area contributed by atoms with Gasteiger partial charge in [-0.3, -0.25) is 9.59 Å². The van der Waals surface area contributed by atoms with Crippen molar-refractivity contribution in [2.75, 3.05) is 27.3 Å². The van der Waals surface area contributed by atoms with E-state index < -0.39 is 0 Å². The lowest BCUT2D eigenvalue weighted by Crippen LogP contribution is -2.35.